The number of benzene rings is 2. The number of nitrogens with zero attached hydrogens (tertiary/aromatic N) is 1. The molecule has 0 saturated heterocycles. The molecule has 174 valence electrons. The minimum Gasteiger partial charge on any atom is -0.496 e. The van der Waals surface area contributed by atoms with Crippen molar-refractivity contribution in [3.05, 3.63) is 59.2 Å². The molecule has 0 aliphatic heterocycles. The maximum absolute atomic E-state index is 13.8. The van der Waals surface area contributed by atoms with Crippen molar-refractivity contribution in [2.75, 3.05) is 26.5 Å². The molecule has 0 bridgehead atoms. The van der Waals surface area contributed by atoms with Crippen LogP contribution in [0, 0.1) is 11.6 Å². The molecular weight excluding hydrogens is 445 g/mol. The van der Waals surface area contributed by atoms with Crippen LogP contribution in [0.15, 0.2) is 41.5 Å². The van der Waals surface area contributed by atoms with Gasteiger partial charge in [-0.25, -0.2) is 14.2 Å². The number of ether oxygens (including phenoxy) is 2. The molecule has 1 amide bonds. The van der Waals surface area contributed by atoms with Crippen LogP contribution in [0.5, 0.6) is 11.5 Å². The van der Waals surface area contributed by atoms with Gasteiger partial charge in [0.15, 0.2) is 11.6 Å². The maximum Gasteiger partial charge on any atom is 0.340 e. The summed E-state index contributed by atoms with van der Waals surface area (Å²) in [5, 5.41) is 3.84. The van der Waals surface area contributed by atoms with Gasteiger partial charge in [0.05, 0.1) is 26.5 Å². The third kappa shape index (κ3) is 7.71. The van der Waals surface area contributed by atoms with E-state index in [0.29, 0.717) is 16.9 Å². The van der Waals surface area contributed by atoms with Crippen molar-refractivity contribution in [2.45, 2.75) is 20.5 Å². The maximum atomic E-state index is 13.8. The Morgan fingerprint density at radius 2 is 1.78 bits per heavy atom. The van der Waals surface area contributed by atoms with Crippen LogP contribution in [0.25, 0.3) is 0 Å². The number of carbonyl (C=O) groups is 1. The predicted molar refractivity (Wildman–Crippen MR) is 115 cm³/mol. The van der Waals surface area contributed by atoms with Gasteiger partial charge in [0, 0.05) is 11.6 Å². The van der Waals surface area contributed by atoms with Crippen LogP contribution >= 0.6 is 7.60 Å². The smallest absolute Gasteiger partial charge is 0.340 e. The fourth-order valence-electron chi connectivity index (χ4n) is 2.65. The van der Waals surface area contributed by atoms with E-state index in [1.807, 2.05) is 0 Å². The van der Waals surface area contributed by atoms with E-state index in [-0.39, 0.29) is 25.6 Å². The number of nitrogens with one attached hydrogen (secondary N) is 1. The molecule has 2 aromatic carbocycles. The normalized spacial score (nSPS) is 11.5. The van der Waals surface area contributed by atoms with Gasteiger partial charge in [-0.1, -0.05) is 0 Å². The van der Waals surface area contributed by atoms with Crippen molar-refractivity contribution in [1.29, 1.82) is 0 Å². The zero-order valence-electron chi connectivity index (χ0n) is 18.0. The highest BCUT2D eigenvalue weighted by Gasteiger charge is 2.27. The van der Waals surface area contributed by atoms with Gasteiger partial charge < -0.3 is 18.5 Å². The topological polar surface area (TPSA) is 95.5 Å². The molecule has 0 aliphatic rings. The molecule has 0 saturated carbocycles. The first-order chi connectivity index (χ1) is 15.3. The number of hydrogen-bond acceptors (Lipinski definition) is 7. The number of methoxy groups -OCH3 is 1. The second-order valence-electron chi connectivity index (χ2n) is 6.33. The number of rotatable bonds is 12. The van der Waals surface area contributed by atoms with Gasteiger partial charge in [-0.15, -0.1) is 0 Å². The van der Waals surface area contributed by atoms with Gasteiger partial charge in [0.25, 0.3) is 5.91 Å². The summed E-state index contributed by atoms with van der Waals surface area (Å²) in [6, 6.07) is 8.02. The van der Waals surface area contributed by atoms with Crippen LogP contribution in [0.3, 0.4) is 0 Å². The Morgan fingerprint density at radius 3 is 2.41 bits per heavy atom. The monoisotopic (exact) mass is 470 g/mol. The minimum absolute atomic E-state index is 0.0499. The van der Waals surface area contributed by atoms with Gasteiger partial charge in [0.1, 0.15) is 24.3 Å². The average molecular weight is 470 g/mol. The van der Waals surface area contributed by atoms with Crippen molar-refractivity contribution in [3.8, 4) is 11.5 Å². The highest BCUT2D eigenvalue weighted by molar-refractivity contribution is 7.54. The summed E-state index contributed by atoms with van der Waals surface area (Å²) < 4.78 is 60.0. The van der Waals surface area contributed by atoms with E-state index in [4.69, 9.17) is 18.5 Å². The molecule has 0 aliphatic carbocycles. The predicted octanol–water partition coefficient (Wildman–Crippen LogP) is 4.27. The molecule has 0 aromatic heterocycles. The molecule has 32 heavy (non-hydrogen) atoms. The van der Waals surface area contributed by atoms with Crippen molar-refractivity contribution in [3.63, 3.8) is 0 Å². The first-order valence-electron chi connectivity index (χ1n) is 9.75. The zero-order chi connectivity index (χ0) is 23.6. The third-order valence-corrected chi connectivity index (χ3v) is 5.95. The lowest BCUT2D eigenvalue weighted by molar-refractivity contribution is -0.118. The standard InChI is InChI=1S/C21H25F2N2O6P/c1-4-30-32(27,31-5-2)14-21(26)25-24-12-15-6-8-19(28-3)16(10-15)13-29-20-9-7-17(22)11-18(20)23/h6-12H,4-5,13-14H2,1-3H3,(H,25,26)/b24-12+. The lowest BCUT2D eigenvalue weighted by Crippen LogP contribution is -2.22. The molecule has 0 atom stereocenters. The lowest BCUT2D eigenvalue weighted by atomic mass is 10.1. The molecule has 2 rings (SSSR count). The molecule has 0 heterocycles. The number of hydrogen-bond donors (Lipinski definition) is 1. The van der Waals surface area contributed by atoms with Crippen LogP contribution in [0.4, 0.5) is 8.78 Å². The summed E-state index contributed by atoms with van der Waals surface area (Å²) in [4.78, 5) is 12.0. The number of hydrazone groups is 1. The fraction of sp³-hybridized carbons (Fsp3) is 0.333. The molecule has 8 nitrogen and oxygen atoms in total. The summed E-state index contributed by atoms with van der Waals surface area (Å²) >= 11 is 0. The van der Waals surface area contributed by atoms with Gasteiger partial charge in [0.2, 0.25) is 0 Å². The summed E-state index contributed by atoms with van der Waals surface area (Å²) in [5.41, 5.74) is 3.43. The molecule has 1 N–H and O–H groups in total. The van der Waals surface area contributed by atoms with E-state index in [2.05, 4.69) is 10.5 Å². The first-order valence-corrected chi connectivity index (χ1v) is 11.5. The second-order valence-corrected chi connectivity index (χ2v) is 8.39. The van der Waals surface area contributed by atoms with Crippen LogP contribution in [-0.4, -0.2) is 38.6 Å². The molecular formula is C21H25F2N2O6P. The van der Waals surface area contributed by atoms with Crippen LogP contribution in [0.2, 0.25) is 0 Å². The van der Waals surface area contributed by atoms with E-state index < -0.39 is 31.3 Å². The summed E-state index contributed by atoms with van der Waals surface area (Å²) in [6.45, 7) is 3.54. The molecule has 0 fully saturated rings. The summed E-state index contributed by atoms with van der Waals surface area (Å²) in [7, 11) is -2.05. The Kier molecular flexibility index (Phi) is 9.77. The number of halogens is 2. The highest BCUT2D eigenvalue weighted by atomic mass is 31.2. The Labute approximate surface area is 185 Å². The summed E-state index contributed by atoms with van der Waals surface area (Å²) in [5.74, 6) is -1.77. The minimum atomic E-state index is -3.52. The lowest BCUT2D eigenvalue weighted by Gasteiger charge is -2.15. The van der Waals surface area contributed by atoms with E-state index in [1.54, 1.807) is 32.0 Å². The van der Waals surface area contributed by atoms with Crippen molar-refractivity contribution < 1.29 is 36.7 Å². The second kappa shape index (κ2) is 12.3. The number of amides is 1. The van der Waals surface area contributed by atoms with Gasteiger partial charge >= 0.3 is 7.60 Å². The Bertz CT molecular complexity index is 992. The van der Waals surface area contributed by atoms with Gasteiger partial charge in [-0.2, -0.15) is 5.10 Å². The van der Waals surface area contributed by atoms with Crippen LogP contribution < -0.4 is 14.9 Å². The van der Waals surface area contributed by atoms with E-state index in [9.17, 15) is 18.1 Å². The fourth-order valence-corrected chi connectivity index (χ4v) is 4.12. The Hall–Kier alpha value is -2.81. The van der Waals surface area contributed by atoms with Crippen molar-refractivity contribution >= 4 is 19.7 Å². The molecule has 0 spiro atoms. The quantitative estimate of drug-likeness (QED) is 0.283. The molecule has 11 heteroatoms. The van der Waals surface area contributed by atoms with Crippen LogP contribution in [-0.2, 0) is 25.0 Å². The SMILES string of the molecule is CCOP(=O)(CC(=O)N/N=C/c1ccc(OC)c(COc2ccc(F)cc2F)c1)OCC. The third-order valence-electron chi connectivity index (χ3n) is 3.97. The number of carbonyl (C=O) groups excluding carboxylic acids is 1. The van der Waals surface area contributed by atoms with E-state index in [0.717, 1.165) is 12.1 Å². The first kappa shape index (κ1) is 25.5. The largest absolute Gasteiger partial charge is 0.496 e. The van der Waals surface area contributed by atoms with Crippen molar-refractivity contribution in [1.82, 2.24) is 5.43 Å². The van der Waals surface area contributed by atoms with Crippen LogP contribution in [0.1, 0.15) is 25.0 Å². The molecule has 0 radical (unpaired) electrons. The highest BCUT2D eigenvalue weighted by Crippen LogP contribution is 2.47. The Balaban J connectivity index is 2.03. The van der Waals surface area contributed by atoms with Gasteiger partial charge in [-0.3, -0.25) is 9.36 Å². The summed E-state index contributed by atoms with van der Waals surface area (Å²) in [6.07, 6.45) is 0.905. The van der Waals surface area contributed by atoms with Crippen molar-refractivity contribution in [2.24, 2.45) is 5.10 Å². The van der Waals surface area contributed by atoms with E-state index in [1.165, 1.54) is 19.4 Å². The van der Waals surface area contributed by atoms with E-state index >= 15 is 0 Å². The molecule has 0 unspecified atom stereocenters. The Morgan fingerprint density at radius 1 is 1.09 bits per heavy atom. The average Bonchev–Trinajstić information content (AvgIpc) is 2.73. The zero-order valence-corrected chi connectivity index (χ0v) is 18.9. The molecule has 2 aromatic rings. The van der Waals surface area contributed by atoms with Gasteiger partial charge in [-0.05, 0) is 49.7 Å².